The standard InChI is InChI=1S/C28H38N10O5/c1-15-9-19(33-14-32-15)24(42)31-10-20-22-28(13-40,37-25(29)36-22)38(26(30)35-20)11-16(12-39)34-23(41)17-5-4-6-18-21(17)43-8-7-27(18,2)3/h4-6,9,14,16,20,22,39-40H,7-8,10-13H2,1-3H3,(H2,30,35)(H,31,42)(H,34,41)(H3,29,36,37)/t16?,20-,22?,28?/m0/s1. The van der Waals surface area contributed by atoms with E-state index in [0.29, 0.717) is 23.6 Å². The summed E-state index contributed by atoms with van der Waals surface area (Å²) < 4.78 is 5.89. The second-order valence-electron chi connectivity index (χ2n) is 11.7. The Morgan fingerprint density at radius 2 is 2.00 bits per heavy atom. The van der Waals surface area contributed by atoms with Gasteiger partial charge in [0.15, 0.2) is 17.6 Å². The lowest BCUT2D eigenvalue weighted by Gasteiger charge is -2.51. The highest BCUT2D eigenvalue weighted by Gasteiger charge is 2.57. The number of rotatable bonds is 9. The van der Waals surface area contributed by atoms with Gasteiger partial charge < -0.3 is 46.4 Å². The molecule has 0 bridgehead atoms. The Morgan fingerprint density at radius 1 is 1.21 bits per heavy atom. The molecule has 43 heavy (non-hydrogen) atoms. The summed E-state index contributed by atoms with van der Waals surface area (Å²) in [4.78, 5) is 35.6. The molecule has 15 nitrogen and oxygen atoms in total. The number of aromatic nitrogens is 2. The number of amides is 2. The molecule has 230 valence electrons. The van der Waals surface area contributed by atoms with Crippen LogP contribution in [0.15, 0.2) is 30.6 Å². The highest BCUT2D eigenvalue weighted by Crippen LogP contribution is 2.40. The van der Waals surface area contributed by atoms with Gasteiger partial charge in [0.25, 0.3) is 11.8 Å². The van der Waals surface area contributed by atoms with E-state index in [-0.39, 0.29) is 36.1 Å². The summed E-state index contributed by atoms with van der Waals surface area (Å²) in [6, 6.07) is 4.83. The largest absolute Gasteiger partial charge is 0.492 e. The van der Waals surface area contributed by atoms with E-state index in [0.717, 1.165) is 12.0 Å². The Labute approximate surface area is 248 Å². The Hall–Kier alpha value is -4.50. The quantitative estimate of drug-likeness (QED) is 0.167. The maximum atomic E-state index is 13.4. The van der Waals surface area contributed by atoms with Gasteiger partial charge in [-0.2, -0.15) is 0 Å². The fourth-order valence-electron chi connectivity index (χ4n) is 5.91. The third-order valence-electron chi connectivity index (χ3n) is 8.31. The van der Waals surface area contributed by atoms with Gasteiger partial charge >= 0.3 is 0 Å². The van der Waals surface area contributed by atoms with Crippen LogP contribution in [0.25, 0.3) is 0 Å². The number of benzene rings is 1. The highest BCUT2D eigenvalue weighted by atomic mass is 16.5. The number of hydrogen-bond donors (Lipinski definition) is 9. The average Bonchev–Trinajstić information content (AvgIpc) is 3.33. The molecule has 3 aliphatic heterocycles. The molecular formula is C28H38N10O5. The van der Waals surface area contributed by atoms with Crippen molar-refractivity contribution in [2.75, 3.05) is 32.9 Å². The molecule has 2 amide bonds. The molecule has 9 N–H and O–H groups in total. The number of nitrogens with zero attached hydrogens (tertiary/aromatic N) is 3. The van der Waals surface area contributed by atoms with Crippen LogP contribution in [0.5, 0.6) is 5.75 Å². The molecule has 2 fully saturated rings. The molecule has 0 aliphatic carbocycles. The van der Waals surface area contributed by atoms with E-state index >= 15 is 0 Å². The molecule has 1 aromatic heterocycles. The first-order chi connectivity index (χ1) is 20.5. The average molecular weight is 595 g/mol. The van der Waals surface area contributed by atoms with Crippen molar-refractivity contribution < 1.29 is 24.5 Å². The van der Waals surface area contributed by atoms with Gasteiger partial charge in [-0.1, -0.05) is 26.0 Å². The number of carbonyl (C=O) groups is 2. The number of nitrogens with one attached hydrogen (secondary N) is 7. The van der Waals surface area contributed by atoms with Crippen LogP contribution in [0.2, 0.25) is 0 Å². The van der Waals surface area contributed by atoms with Crippen molar-refractivity contribution in [1.29, 1.82) is 10.8 Å². The lowest BCUT2D eigenvalue weighted by atomic mass is 9.79. The number of aryl methyl sites for hydroxylation is 1. The number of guanidine groups is 2. The van der Waals surface area contributed by atoms with Crippen molar-refractivity contribution >= 4 is 23.7 Å². The molecule has 2 aromatic rings. The van der Waals surface area contributed by atoms with Crippen molar-refractivity contribution in [2.45, 2.75) is 56.4 Å². The third-order valence-corrected chi connectivity index (χ3v) is 8.31. The second-order valence-corrected chi connectivity index (χ2v) is 11.7. The van der Waals surface area contributed by atoms with Gasteiger partial charge in [-0.25, -0.2) is 9.97 Å². The first kappa shape index (κ1) is 30.0. The molecular weight excluding hydrogens is 556 g/mol. The summed E-state index contributed by atoms with van der Waals surface area (Å²) in [6.07, 6.45) is 2.12. The first-order valence-corrected chi connectivity index (χ1v) is 14.1. The normalized spacial score (nSPS) is 24.3. The summed E-state index contributed by atoms with van der Waals surface area (Å²) in [5.41, 5.74) is 0.571. The van der Waals surface area contributed by atoms with Gasteiger partial charge in [0, 0.05) is 24.3 Å². The Kier molecular flexibility index (Phi) is 8.12. The molecule has 0 radical (unpaired) electrons. The maximum absolute atomic E-state index is 13.4. The Morgan fingerprint density at radius 3 is 2.72 bits per heavy atom. The van der Waals surface area contributed by atoms with Crippen LogP contribution in [-0.4, -0.2) is 106 Å². The van der Waals surface area contributed by atoms with Crippen LogP contribution in [-0.2, 0) is 5.41 Å². The molecule has 4 heterocycles. The highest BCUT2D eigenvalue weighted by molar-refractivity contribution is 5.98. The number of hydrogen-bond acceptors (Lipinski definition) is 9. The minimum absolute atomic E-state index is 0.0438. The fourth-order valence-corrected chi connectivity index (χ4v) is 5.91. The van der Waals surface area contributed by atoms with Crippen LogP contribution in [0.1, 0.15) is 52.4 Å². The third kappa shape index (κ3) is 5.64. The zero-order valence-corrected chi connectivity index (χ0v) is 24.3. The minimum Gasteiger partial charge on any atom is -0.492 e. The topological polar surface area (TPSA) is 221 Å². The van der Waals surface area contributed by atoms with Crippen molar-refractivity contribution in [3.8, 4) is 5.75 Å². The SMILES string of the molecule is Cc1cc(C(=O)NC[C@@H]2NC(=N)N(CC(CO)NC(=O)c3cccc4c3OCCC4(C)C)C3(CO)NC(=N)NC23)ncn1. The van der Waals surface area contributed by atoms with E-state index < -0.39 is 48.8 Å². The monoisotopic (exact) mass is 594 g/mol. The van der Waals surface area contributed by atoms with E-state index in [9.17, 15) is 19.8 Å². The fraction of sp³-hybridized carbons (Fsp3) is 0.500. The Balaban J connectivity index is 1.32. The maximum Gasteiger partial charge on any atom is 0.270 e. The number of para-hydroxylation sites is 1. The molecule has 4 atom stereocenters. The summed E-state index contributed by atoms with van der Waals surface area (Å²) >= 11 is 0. The predicted octanol–water partition coefficient (Wildman–Crippen LogP) is -1.24. The van der Waals surface area contributed by atoms with E-state index in [1.54, 1.807) is 25.1 Å². The minimum atomic E-state index is -1.38. The summed E-state index contributed by atoms with van der Waals surface area (Å²) in [7, 11) is 0. The van der Waals surface area contributed by atoms with Gasteiger partial charge in [0.1, 0.15) is 17.8 Å². The lowest BCUT2D eigenvalue weighted by molar-refractivity contribution is 0.0156. The van der Waals surface area contributed by atoms with Gasteiger partial charge in [0.05, 0.1) is 43.5 Å². The molecule has 2 saturated heterocycles. The molecule has 0 saturated carbocycles. The van der Waals surface area contributed by atoms with Crippen molar-refractivity contribution in [3.63, 3.8) is 0 Å². The smallest absolute Gasteiger partial charge is 0.270 e. The first-order valence-electron chi connectivity index (χ1n) is 14.1. The lowest BCUT2D eigenvalue weighted by Crippen LogP contribution is -2.79. The molecule has 3 aliphatic rings. The van der Waals surface area contributed by atoms with Gasteiger partial charge in [-0.05, 0) is 30.9 Å². The number of fused-ring (bicyclic) bond motifs is 2. The number of aliphatic hydroxyl groups is 2. The molecule has 0 spiro atoms. The Bertz CT molecular complexity index is 1430. The molecule has 5 rings (SSSR count). The molecule has 3 unspecified atom stereocenters. The number of ether oxygens (including phenoxy) is 1. The molecule has 1 aromatic carbocycles. The number of carbonyl (C=O) groups excluding carboxylic acids is 2. The van der Waals surface area contributed by atoms with Crippen LogP contribution in [0.4, 0.5) is 0 Å². The van der Waals surface area contributed by atoms with E-state index in [1.807, 2.05) is 6.07 Å². The van der Waals surface area contributed by atoms with E-state index in [1.165, 1.54) is 11.2 Å². The van der Waals surface area contributed by atoms with Crippen LogP contribution < -0.4 is 31.3 Å². The summed E-state index contributed by atoms with van der Waals surface area (Å²) in [5.74, 6) is -0.560. The van der Waals surface area contributed by atoms with Crippen molar-refractivity contribution in [1.82, 2.24) is 41.5 Å². The summed E-state index contributed by atoms with van der Waals surface area (Å²) in [6.45, 7) is 5.42. The van der Waals surface area contributed by atoms with Gasteiger partial charge in [-0.15, -0.1) is 0 Å². The van der Waals surface area contributed by atoms with E-state index in [4.69, 9.17) is 15.6 Å². The van der Waals surface area contributed by atoms with Gasteiger partial charge in [-0.3, -0.25) is 20.4 Å². The van der Waals surface area contributed by atoms with Crippen LogP contribution in [0.3, 0.4) is 0 Å². The van der Waals surface area contributed by atoms with E-state index in [2.05, 4.69) is 50.4 Å². The van der Waals surface area contributed by atoms with Crippen LogP contribution >= 0.6 is 0 Å². The second kappa shape index (κ2) is 11.6. The van der Waals surface area contributed by atoms with Crippen molar-refractivity contribution in [2.24, 2.45) is 0 Å². The molecule has 15 heteroatoms. The zero-order valence-electron chi connectivity index (χ0n) is 24.3. The predicted molar refractivity (Wildman–Crippen MR) is 156 cm³/mol. The zero-order chi connectivity index (χ0) is 30.9. The number of aliphatic hydroxyl groups excluding tert-OH is 2. The van der Waals surface area contributed by atoms with Crippen molar-refractivity contribution in [3.05, 3.63) is 53.1 Å². The van der Waals surface area contributed by atoms with Gasteiger partial charge in [0.2, 0.25) is 0 Å². The summed E-state index contributed by atoms with van der Waals surface area (Å²) in [5, 5.41) is 52.6. The van der Waals surface area contributed by atoms with Crippen LogP contribution in [0, 0.1) is 17.7 Å².